The van der Waals surface area contributed by atoms with E-state index in [0.29, 0.717) is 11.6 Å². The summed E-state index contributed by atoms with van der Waals surface area (Å²) in [4.78, 5) is 2.54. The summed E-state index contributed by atoms with van der Waals surface area (Å²) in [6, 6.07) is 24.5. The third-order valence-corrected chi connectivity index (χ3v) is 5.72. The highest BCUT2D eigenvalue weighted by Crippen LogP contribution is 2.46. The fourth-order valence-electron chi connectivity index (χ4n) is 4.33. The average molecular weight is 371 g/mol. The minimum Gasteiger partial charge on any atom is -0.294 e. The smallest absolute Gasteiger partial charge is 0.132 e. The first-order valence-electron chi connectivity index (χ1n) is 9.77. The van der Waals surface area contributed by atoms with Crippen molar-refractivity contribution in [1.29, 1.82) is 0 Å². The van der Waals surface area contributed by atoms with E-state index >= 15 is 0 Å². The molecule has 0 N–H and O–H groups in total. The quantitative estimate of drug-likeness (QED) is 0.629. The van der Waals surface area contributed by atoms with Gasteiger partial charge in [-0.25, -0.2) is 4.39 Å². The maximum absolute atomic E-state index is 13.8. The molecule has 0 unspecified atom stereocenters. The van der Waals surface area contributed by atoms with E-state index in [4.69, 9.17) is 0 Å². The van der Waals surface area contributed by atoms with Crippen molar-refractivity contribution in [1.82, 2.24) is 9.91 Å². The zero-order chi connectivity index (χ0) is 18.9. The number of hydrogen-bond donors (Lipinski definition) is 0. The first-order chi connectivity index (χ1) is 13.8. The summed E-state index contributed by atoms with van der Waals surface area (Å²) >= 11 is 0. The summed E-state index contributed by atoms with van der Waals surface area (Å²) in [7, 11) is 0. The Kier molecular flexibility index (Phi) is 4.41. The topological polar surface area (TPSA) is 18.8 Å². The Bertz CT molecular complexity index is 976. The molecule has 0 radical (unpaired) electrons. The SMILES string of the molecule is Fc1ccccc1/C=N\N1CCN(C2c3ccccc3-c3ccccc32)CC1. The van der Waals surface area contributed by atoms with Gasteiger partial charge in [0.1, 0.15) is 5.82 Å². The highest BCUT2D eigenvalue weighted by molar-refractivity contribution is 5.80. The molecular formula is C24H22FN3. The van der Waals surface area contributed by atoms with Gasteiger partial charge in [0.15, 0.2) is 0 Å². The molecule has 1 saturated heterocycles. The van der Waals surface area contributed by atoms with Crippen LogP contribution in [0, 0.1) is 5.82 Å². The van der Waals surface area contributed by atoms with Crippen LogP contribution in [0.5, 0.6) is 0 Å². The van der Waals surface area contributed by atoms with Crippen molar-refractivity contribution in [3.63, 3.8) is 0 Å². The van der Waals surface area contributed by atoms with E-state index in [9.17, 15) is 4.39 Å². The van der Waals surface area contributed by atoms with Crippen molar-refractivity contribution >= 4 is 6.21 Å². The third-order valence-electron chi connectivity index (χ3n) is 5.72. The largest absolute Gasteiger partial charge is 0.294 e. The van der Waals surface area contributed by atoms with Crippen molar-refractivity contribution in [2.45, 2.75) is 6.04 Å². The molecule has 1 aliphatic heterocycles. The van der Waals surface area contributed by atoms with Crippen molar-refractivity contribution in [3.8, 4) is 11.1 Å². The number of hydrazone groups is 1. The molecule has 0 spiro atoms. The Balaban J connectivity index is 1.33. The maximum Gasteiger partial charge on any atom is 0.132 e. The molecule has 1 aliphatic carbocycles. The Hall–Kier alpha value is -2.98. The number of nitrogens with zero attached hydrogens (tertiary/aromatic N) is 3. The fourth-order valence-corrected chi connectivity index (χ4v) is 4.33. The van der Waals surface area contributed by atoms with Gasteiger partial charge in [-0.05, 0) is 28.3 Å². The lowest BCUT2D eigenvalue weighted by Gasteiger charge is -2.37. The Morgan fingerprint density at radius 1 is 0.750 bits per heavy atom. The Labute approximate surface area is 164 Å². The molecule has 5 rings (SSSR count). The number of rotatable bonds is 3. The number of benzene rings is 3. The van der Waals surface area contributed by atoms with Gasteiger partial charge in [0.25, 0.3) is 0 Å². The predicted molar refractivity (Wildman–Crippen MR) is 111 cm³/mol. The zero-order valence-corrected chi connectivity index (χ0v) is 15.6. The van der Waals surface area contributed by atoms with Crippen LogP contribution in [0.25, 0.3) is 11.1 Å². The summed E-state index contributed by atoms with van der Waals surface area (Å²) in [6.07, 6.45) is 1.63. The minimum atomic E-state index is -0.232. The predicted octanol–water partition coefficient (Wildman–Crippen LogP) is 4.55. The van der Waals surface area contributed by atoms with Crippen molar-refractivity contribution in [2.75, 3.05) is 26.2 Å². The average Bonchev–Trinajstić information content (AvgIpc) is 3.08. The lowest BCUT2D eigenvalue weighted by molar-refractivity contribution is 0.114. The lowest BCUT2D eigenvalue weighted by atomic mass is 10.0. The normalized spacial score (nSPS) is 17.1. The molecule has 140 valence electrons. The van der Waals surface area contributed by atoms with Crippen molar-refractivity contribution in [3.05, 3.63) is 95.3 Å². The van der Waals surface area contributed by atoms with Gasteiger partial charge < -0.3 is 0 Å². The lowest BCUT2D eigenvalue weighted by Crippen LogP contribution is -2.45. The van der Waals surface area contributed by atoms with Crippen LogP contribution in [0.4, 0.5) is 4.39 Å². The molecule has 4 heteroatoms. The van der Waals surface area contributed by atoms with E-state index in [1.165, 1.54) is 28.3 Å². The van der Waals surface area contributed by atoms with Crippen molar-refractivity contribution in [2.24, 2.45) is 5.10 Å². The van der Waals surface area contributed by atoms with E-state index < -0.39 is 0 Å². The second kappa shape index (κ2) is 7.21. The van der Waals surface area contributed by atoms with Crippen molar-refractivity contribution < 1.29 is 4.39 Å². The van der Waals surface area contributed by atoms with Crippen LogP contribution in [0.3, 0.4) is 0 Å². The third kappa shape index (κ3) is 3.00. The minimum absolute atomic E-state index is 0.232. The zero-order valence-electron chi connectivity index (χ0n) is 15.6. The van der Waals surface area contributed by atoms with Gasteiger partial charge in [-0.15, -0.1) is 0 Å². The van der Waals surface area contributed by atoms with E-state index in [0.717, 1.165) is 26.2 Å². The molecule has 28 heavy (non-hydrogen) atoms. The maximum atomic E-state index is 13.8. The molecule has 0 aromatic heterocycles. The molecular weight excluding hydrogens is 349 g/mol. The van der Waals surface area contributed by atoms with E-state index in [1.807, 2.05) is 11.1 Å². The Morgan fingerprint density at radius 2 is 1.32 bits per heavy atom. The monoisotopic (exact) mass is 371 g/mol. The molecule has 0 atom stereocenters. The summed E-state index contributed by atoms with van der Waals surface area (Å²) in [6.45, 7) is 3.54. The van der Waals surface area contributed by atoms with Crippen LogP contribution >= 0.6 is 0 Å². The molecule has 2 aliphatic rings. The summed E-state index contributed by atoms with van der Waals surface area (Å²) in [5.41, 5.74) is 6.02. The van der Waals surface area contributed by atoms with E-state index in [1.54, 1.807) is 18.3 Å². The number of halogens is 1. The summed E-state index contributed by atoms with van der Waals surface area (Å²) in [5, 5.41) is 6.54. The van der Waals surface area contributed by atoms with E-state index in [-0.39, 0.29) is 5.82 Å². The molecule has 3 aromatic carbocycles. The van der Waals surface area contributed by atoms with Crippen LogP contribution in [0.15, 0.2) is 77.9 Å². The van der Waals surface area contributed by atoms with Crippen LogP contribution in [-0.4, -0.2) is 42.3 Å². The first kappa shape index (κ1) is 17.1. The summed E-state index contributed by atoms with van der Waals surface area (Å²) < 4.78 is 13.8. The molecule has 1 fully saturated rings. The molecule has 0 saturated carbocycles. The van der Waals surface area contributed by atoms with Crippen LogP contribution in [-0.2, 0) is 0 Å². The molecule has 3 aromatic rings. The highest BCUT2D eigenvalue weighted by Gasteiger charge is 2.33. The van der Waals surface area contributed by atoms with Gasteiger partial charge in [0, 0.05) is 31.7 Å². The second-order valence-electron chi connectivity index (χ2n) is 7.33. The van der Waals surface area contributed by atoms with Gasteiger partial charge in [-0.3, -0.25) is 9.91 Å². The van der Waals surface area contributed by atoms with Crippen LogP contribution in [0.2, 0.25) is 0 Å². The van der Waals surface area contributed by atoms with Gasteiger partial charge >= 0.3 is 0 Å². The number of hydrogen-bond acceptors (Lipinski definition) is 3. The fraction of sp³-hybridized carbons (Fsp3) is 0.208. The standard InChI is InChI=1S/C24H22FN3/c25-23-12-6-1-7-18(23)17-26-28-15-13-27(14-16-28)24-21-10-4-2-8-19(21)20-9-3-5-11-22(20)24/h1-12,17,24H,13-16H2/b26-17-. The number of piperazine rings is 1. The molecule has 0 amide bonds. The van der Waals surface area contributed by atoms with Gasteiger partial charge in [-0.1, -0.05) is 66.7 Å². The molecule has 0 bridgehead atoms. The molecule has 3 nitrogen and oxygen atoms in total. The molecule has 1 heterocycles. The summed E-state index contributed by atoms with van der Waals surface area (Å²) in [5.74, 6) is -0.232. The Morgan fingerprint density at radius 3 is 1.96 bits per heavy atom. The number of fused-ring (bicyclic) bond motifs is 3. The second-order valence-corrected chi connectivity index (χ2v) is 7.33. The van der Waals surface area contributed by atoms with Gasteiger partial charge in [0.05, 0.1) is 12.3 Å². The highest BCUT2D eigenvalue weighted by atomic mass is 19.1. The van der Waals surface area contributed by atoms with Gasteiger partial charge in [-0.2, -0.15) is 5.10 Å². The van der Waals surface area contributed by atoms with E-state index in [2.05, 4.69) is 58.5 Å². The first-order valence-corrected chi connectivity index (χ1v) is 9.77. The van der Waals surface area contributed by atoms with Crippen LogP contribution < -0.4 is 0 Å². The van der Waals surface area contributed by atoms with Gasteiger partial charge in [0.2, 0.25) is 0 Å². The van der Waals surface area contributed by atoms with Crippen LogP contribution in [0.1, 0.15) is 22.7 Å².